The van der Waals surface area contributed by atoms with E-state index in [1.807, 2.05) is 18.2 Å². The number of hydrogen-bond donors (Lipinski definition) is 1. The van der Waals surface area contributed by atoms with Gasteiger partial charge in [-0.15, -0.1) is 6.42 Å². The Balaban J connectivity index is 2.03. The monoisotopic (exact) mass is 189 g/mol. The molecule has 1 aromatic carbocycles. The van der Waals surface area contributed by atoms with Gasteiger partial charge in [0.05, 0.1) is 19.8 Å². The van der Waals surface area contributed by atoms with Crippen LogP contribution in [0.15, 0.2) is 30.3 Å². The predicted octanol–water partition coefficient (Wildman–Crippen LogP) is 1.43. The molecule has 1 N–H and O–H groups in total. The molecule has 0 aliphatic carbocycles. The summed E-state index contributed by atoms with van der Waals surface area (Å²) in [5, 5.41) is 3.06. The van der Waals surface area contributed by atoms with Gasteiger partial charge < -0.3 is 10.1 Å². The molecule has 0 bridgehead atoms. The van der Waals surface area contributed by atoms with E-state index in [1.54, 1.807) is 0 Å². The number of terminal acetylenes is 1. The van der Waals surface area contributed by atoms with Crippen LogP contribution < -0.4 is 5.32 Å². The van der Waals surface area contributed by atoms with Gasteiger partial charge in [-0.1, -0.05) is 36.3 Å². The number of nitrogens with one attached hydrogen (secondary N) is 1. The van der Waals surface area contributed by atoms with Crippen LogP contribution in [0.3, 0.4) is 0 Å². The molecule has 0 heterocycles. The zero-order valence-corrected chi connectivity index (χ0v) is 8.20. The lowest BCUT2D eigenvalue weighted by molar-refractivity contribution is 0.123. The average molecular weight is 189 g/mol. The molecule has 0 unspecified atom stereocenters. The van der Waals surface area contributed by atoms with Crippen molar-refractivity contribution in [2.45, 2.75) is 6.61 Å². The van der Waals surface area contributed by atoms with E-state index in [2.05, 4.69) is 23.4 Å². The van der Waals surface area contributed by atoms with Crippen LogP contribution >= 0.6 is 0 Å². The summed E-state index contributed by atoms with van der Waals surface area (Å²) in [5.74, 6) is 2.51. The van der Waals surface area contributed by atoms with Gasteiger partial charge in [-0.05, 0) is 5.56 Å². The van der Waals surface area contributed by atoms with Gasteiger partial charge in [0.2, 0.25) is 0 Å². The molecule has 0 aliphatic rings. The van der Waals surface area contributed by atoms with Crippen molar-refractivity contribution < 1.29 is 4.74 Å². The van der Waals surface area contributed by atoms with Crippen molar-refractivity contribution in [1.29, 1.82) is 0 Å². The number of ether oxygens (including phenoxy) is 1. The Bertz CT molecular complexity index is 276. The molecule has 2 heteroatoms. The third-order valence-electron chi connectivity index (χ3n) is 1.76. The molecule has 0 radical (unpaired) electrons. The summed E-state index contributed by atoms with van der Waals surface area (Å²) in [6.07, 6.45) is 5.08. The Kier molecular flexibility index (Phi) is 5.49. The molecule has 74 valence electrons. The molecule has 0 saturated heterocycles. The molecule has 0 aromatic heterocycles. The van der Waals surface area contributed by atoms with Crippen LogP contribution in [-0.2, 0) is 11.3 Å². The fraction of sp³-hybridized carbons (Fsp3) is 0.333. The Morgan fingerprint density at radius 1 is 1.29 bits per heavy atom. The maximum atomic E-state index is 5.44. The van der Waals surface area contributed by atoms with E-state index in [0.29, 0.717) is 19.8 Å². The lowest BCUT2D eigenvalue weighted by Crippen LogP contribution is -2.19. The minimum absolute atomic E-state index is 0.606. The first-order valence-corrected chi connectivity index (χ1v) is 4.69. The van der Waals surface area contributed by atoms with E-state index in [1.165, 1.54) is 5.56 Å². The minimum atomic E-state index is 0.606. The largest absolute Gasteiger partial charge is 0.375 e. The first kappa shape index (κ1) is 10.8. The molecule has 0 atom stereocenters. The highest BCUT2D eigenvalue weighted by molar-refractivity contribution is 5.13. The Labute approximate surface area is 85.3 Å². The fourth-order valence-electron chi connectivity index (χ4n) is 1.07. The summed E-state index contributed by atoms with van der Waals surface area (Å²) in [6.45, 7) is 2.76. The van der Waals surface area contributed by atoms with Crippen LogP contribution in [0.4, 0.5) is 0 Å². The SMILES string of the molecule is C#CCNCCOCc1ccccc1. The zero-order chi connectivity index (χ0) is 10.1. The van der Waals surface area contributed by atoms with Crippen LogP contribution in [0.1, 0.15) is 5.56 Å². The van der Waals surface area contributed by atoms with Gasteiger partial charge in [0.1, 0.15) is 0 Å². The van der Waals surface area contributed by atoms with Crippen LogP contribution in [0.2, 0.25) is 0 Å². The maximum Gasteiger partial charge on any atom is 0.0717 e. The van der Waals surface area contributed by atoms with E-state index in [-0.39, 0.29) is 0 Å². The highest BCUT2D eigenvalue weighted by atomic mass is 16.5. The van der Waals surface area contributed by atoms with Crippen molar-refractivity contribution in [2.75, 3.05) is 19.7 Å². The molecule has 1 aromatic rings. The van der Waals surface area contributed by atoms with E-state index >= 15 is 0 Å². The number of rotatable bonds is 6. The lowest BCUT2D eigenvalue weighted by Gasteiger charge is -2.03. The van der Waals surface area contributed by atoms with Crippen molar-refractivity contribution in [3.63, 3.8) is 0 Å². The van der Waals surface area contributed by atoms with E-state index in [9.17, 15) is 0 Å². The van der Waals surface area contributed by atoms with Crippen molar-refractivity contribution in [1.82, 2.24) is 5.32 Å². The summed E-state index contributed by atoms with van der Waals surface area (Å²) in [5.41, 5.74) is 1.20. The second-order valence-electron chi connectivity index (χ2n) is 2.92. The zero-order valence-electron chi connectivity index (χ0n) is 8.20. The highest BCUT2D eigenvalue weighted by Gasteiger charge is 1.90. The Morgan fingerprint density at radius 2 is 2.07 bits per heavy atom. The van der Waals surface area contributed by atoms with Crippen molar-refractivity contribution in [2.24, 2.45) is 0 Å². The van der Waals surface area contributed by atoms with Crippen LogP contribution in [0, 0.1) is 12.3 Å². The summed E-state index contributed by atoms with van der Waals surface area (Å²) >= 11 is 0. The standard InChI is InChI=1S/C12H15NO/c1-2-8-13-9-10-14-11-12-6-4-3-5-7-12/h1,3-7,13H,8-11H2. The molecule has 0 amide bonds. The second kappa shape index (κ2) is 7.14. The first-order chi connectivity index (χ1) is 6.93. The summed E-state index contributed by atoms with van der Waals surface area (Å²) < 4.78 is 5.44. The van der Waals surface area contributed by atoms with Crippen LogP contribution in [0.25, 0.3) is 0 Å². The van der Waals surface area contributed by atoms with Gasteiger partial charge >= 0.3 is 0 Å². The molecule has 0 spiro atoms. The van der Waals surface area contributed by atoms with E-state index < -0.39 is 0 Å². The quantitative estimate of drug-likeness (QED) is 0.540. The second-order valence-corrected chi connectivity index (χ2v) is 2.92. The highest BCUT2D eigenvalue weighted by Crippen LogP contribution is 1.99. The van der Waals surface area contributed by atoms with Gasteiger partial charge in [-0.2, -0.15) is 0 Å². The molecule has 0 aliphatic heterocycles. The predicted molar refractivity (Wildman–Crippen MR) is 57.8 cm³/mol. The molecule has 0 saturated carbocycles. The molecular formula is C12H15NO. The molecule has 1 rings (SSSR count). The summed E-state index contributed by atoms with van der Waals surface area (Å²) in [4.78, 5) is 0. The molecule has 2 nitrogen and oxygen atoms in total. The molecule has 14 heavy (non-hydrogen) atoms. The summed E-state index contributed by atoms with van der Waals surface area (Å²) in [7, 11) is 0. The van der Waals surface area contributed by atoms with Gasteiger partial charge in [0.25, 0.3) is 0 Å². The topological polar surface area (TPSA) is 21.3 Å². The number of hydrogen-bond acceptors (Lipinski definition) is 2. The molecule has 0 fully saturated rings. The maximum absolute atomic E-state index is 5.44. The normalized spacial score (nSPS) is 9.64. The summed E-state index contributed by atoms with van der Waals surface area (Å²) in [6, 6.07) is 10.1. The van der Waals surface area contributed by atoms with Gasteiger partial charge in [0, 0.05) is 6.54 Å². The van der Waals surface area contributed by atoms with E-state index in [0.717, 1.165) is 6.54 Å². The first-order valence-electron chi connectivity index (χ1n) is 4.69. The molecular weight excluding hydrogens is 174 g/mol. The smallest absolute Gasteiger partial charge is 0.0717 e. The van der Waals surface area contributed by atoms with Crippen LogP contribution in [-0.4, -0.2) is 19.7 Å². The Hall–Kier alpha value is -1.30. The van der Waals surface area contributed by atoms with Crippen molar-refractivity contribution in [3.05, 3.63) is 35.9 Å². The van der Waals surface area contributed by atoms with E-state index in [4.69, 9.17) is 11.2 Å². The van der Waals surface area contributed by atoms with Gasteiger partial charge in [-0.3, -0.25) is 0 Å². The third kappa shape index (κ3) is 4.66. The van der Waals surface area contributed by atoms with Crippen LogP contribution in [0.5, 0.6) is 0 Å². The van der Waals surface area contributed by atoms with Crippen molar-refractivity contribution >= 4 is 0 Å². The van der Waals surface area contributed by atoms with Gasteiger partial charge in [-0.25, -0.2) is 0 Å². The Morgan fingerprint density at radius 3 is 2.79 bits per heavy atom. The van der Waals surface area contributed by atoms with Gasteiger partial charge in [0.15, 0.2) is 0 Å². The minimum Gasteiger partial charge on any atom is -0.375 e. The number of benzene rings is 1. The third-order valence-corrected chi connectivity index (χ3v) is 1.76. The lowest BCUT2D eigenvalue weighted by atomic mass is 10.2. The fourth-order valence-corrected chi connectivity index (χ4v) is 1.07. The van der Waals surface area contributed by atoms with Crippen molar-refractivity contribution in [3.8, 4) is 12.3 Å². The average Bonchev–Trinajstić information content (AvgIpc) is 2.25.